The second-order valence-electron chi connectivity index (χ2n) is 3.65. The average molecular weight is 282 g/mol. The number of carbonyl (C=O) groups excluding carboxylic acids is 1. The number of hydrogen-bond donors (Lipinski definition) is 0. The SMILES string of the molecule is CCOC(=O)c1nnc(SCCc2nccn2C)o1. The fourth-order valence-corrected chi connectivity index (χ4v) is 2.11. The molecule has 0 saturated heterocycles. The molecule has 0 radical (unpaired) electrons. The van der Waals surface area contributed by atoms with Crippen molar-refractivity contribution in [3.63, 3.8) is 0 Å². The normalized spacial score (nSPS) is 10.6. The Morgan fingerprint density at radius 2 is 2.37 bits per heavy atom. The van der Waals surface area contributed by atoms with Crippen LogP contribution < -0.4 is 0 Å². The number of ether oxygens (including phenoxy) is 1. The number of nitrogens with zero attached hydrogens (tertiary/aromatic N) is 4. The van der Waals surface area contributed by atoms with Crippen LogP contribution in [0.15, 0.2) is 22.0 Å². The Bertz CT molecular complexity index is 552. The number of thioether (sulfide) groups is 1. The molecule has 0 atom stereocenters. The molecule has 2 aromatic rings. The van der Waals surface area contributed by atoms with Crippen LogP contribution in [0.1, 0.15) is 23.4 Å². The van der Waals surface area contributed by atoms with Gasteiger partial charge in [0.1, 0.15) is 5.82 Å². The summed E-state index contributed by atoms with van der Waals surface area (Å²) in [4.78, 5) is 15.5. The van der Waals surface area contributed by atoms with E-state index >= 15 is 0 Å². The number of aryl methyl sites for hydroxylation is 2. The van der Waals surface area contributed by atoms with Crippen molar-refractivity contribution in [1.82, 2.24) is 19.7 Å². The Hall–Kier alpha value is -1.83. The third kappa shape index (κ3) is 3.57. The Morgan fingerprint density at radius 3 is 3.05 bits per heavy atom. The lowest BCUT2D eigenvalue weighted by atomic mass is 10.4. The van der Waals surface area contributed by atoms with E-state index in [0.29, 0.717) is 5.22 Å². The maximum atomic E-state index is 11.3. The molecule has 0 saturated carbocycles. The molecule has 0 bridgehead atoms. The van der Waals surface area contributed by atoms with Gasteiger partial charge in [0.2, 0.25) is 0 Å². The summed E-state index contributed by atoms with van der Waals surface area (Å²) >= 11 is 1.38. The molecule has 19 heavy (non-hydrogen) atoms. The van der Waals surface area contributed by atoms with Gasteiger partial charge in [-0.3, -0.25) is 0 Å². The third-order valence-corrected chi connectivity index (χ3v) is 3.15. The number of rotatable bonds is 6. The summed E-state index contributed by atoms with van der Waals surface area (Å²) in [5.74, 6) is 1.03. The highest BCUT2D eigenvalue weighted by Crippen LogP contribution is 2.17. The van der Waals surface area contributed by atoms with Gasteiger partial charge in [0.15, 0.2) is 0 Å². The molecule has 0 unspecified atom stereocenters. The molecule has 0 amide bonds. The molecule has 0 aliphatic carbocycles. The number of aromatic nitrogens is 4. The fraction of sp³-hybridized carbons (Fsp3) is 0.455. The number of hydrogen-bond acceptors (Lipinski definition) is 7. The van der Waals surface area contributed by atoms with E-state index in [0.717, 1.165) is 18.0 Å². The van der Waals surface area contributed by atoms with Gasteiger partial charge >= 0.3 is 11.9 Å². The Morgan fingerprint density at radius 1 is 1.53 bits per heavy atom. The van der Waals surface area contributed by atoms with Crippen molar-refractivity contribution >= 4 is 17.7 Å². The van der Waals surface area contributed by atoms with E-state index in [1.54, 1.807) is 13.1 Å². The molecule has 7 nitrogen and oxygen atoms in total. The van der Waals surface area contributed by atoms with Crippen molar-refractivity contribution in [2.24, 2.45) is 7.05 Å². The van der Waals surface area contributed by atoms with Gasteiger partial charge in [0.05, 0.1) is 6.61 Å². The van der Waals surface area contributed by atoms with Crippen LogP contribution in [0.4, 0.5) is 0 Å². The zero-order valence-corrected chi connectivity index (χ0v) is 11.5. The Balaban J connectivity index is 1.84. The molecular formula is C11H14N4O3S. The van der Waals surface area contributed by atoms with Crippen molar-refractivity contribution in [2.75, 3.05) is 12.4 Å². The maximum Gasteiger partial charge on any atom is 0.396 e. The van der Waals surface area contributed by atoms with Crippen LogP contribution in [0.3, 0.4) is 0 Å². The van der Waals surface area contributed by atoms with Gasteiger partial charge in [0, 0.05) is 31.6 Å². The number of imidazole rings is 1. The lowest BCUT2D eigenvalue weighted by Gasteiger charge is -1.99. The van der Waals surface area contributed by atoms with Crippen LogP contribution in [0.5, 0.6) is 0 Å². The van der Waals surface area contributed by atoms with Gasteiger partial charge in [0.25, 0.3) is 5.22 Å². The van der Waals surface area contributed by atoms with Crippen LogP contribution in [0, 0.1) is 0 Å². The topological polar surface area (TPSA) is 83.0 Å². The lowest BCUT2D eigenvalue weighted by molar-refractivity contribution is 0.0475. The zero-order chi connectivity index (χ0) is 13.7. The van der Waals surface area contributed by atoms with Crippen LogP contribution in [-0.2, 0) is 18.2 Å². The molecular weight excluding hydrogens is 268 g/mol. The summed E-state index contributed by atoms with van der Waals surface area (Å²) in [6.45, 7) is 2.00. The first-order valence-electron chi connectivity index (χ1n) is 5.80. The van der Waals surface area contributed by atoms with Gasteiger partial charge in [-0.2, -0.15) is 0 Å². The summed E-state index contributed by atoms with van der Waals surface area (Å²) in [5.41, 5.74) is 0. The molecule has 0 spiro atoms. The van der Waals surface area contributed by atoms with E-state index in [4.69, 9.17) is 9.15 Å². The minimum absolute atomic E-state index is 0.110. The first-order valence-corrected chi connectivity index (χ1v) is 6.79. The summed E-state index contributed by atoms with van der Waals surface area (Å²) in [7, 11) is 1.94. The summed E-state index contributed by atoms with van der Waals surface area (Å²) in [6, 6.07) is 0. The van der Waals surface area contributed by atoms with Crippen LogP contribution in [0.25, 0.3) is 0 Å². The van der Waals surface area contributed by atoms with Gasteiger partial charge in [-0.05, 0) is 6.92 Å². The standard InChI is InChI=1S/C11H14N4O3S/c1-3-17-10(16)9-13-14-11(18-9)19-7-4-8-12-5-6-15(8)2/h5-6H,3-4,7H2,1-2H3. The molecule has 2 heterocycles. The van der Waals surface area contributed by atoms with E-state index in [1.807, 2.05) is 17.8 Å². The highest BCUT2D eigenvalue weighted by Gasteiger charge is 2.16. The van der Waals surface area contributed by atoms with Gasteiger partial charge in [-0.1, -0.05) is 16.9 Å². The third-order valence-electron chi connectivity index (χ3n) is 2.33. The highest BCUT2D eigenvalue weighted by molar-refractivity contribution is 7.99. The van der Waals surface area contributed by atoms with Crippen molar-refractivity contribution < 1.29 is 13.9 Å². The largest absolute Gasteiger partial charge is 0.459 e. The number of carbonyl (C=O) groups is 1. The molecule has 8 heteroatoms. The van der Waals surface area contributed by atoms with Gasteiger partial charge < -0.3 is 13.7 Å². The first kappa shape index (κ1) is 13.6. The summed E-state index contributed by atoms with van der Waals surface area (Å²) in [6.07, 6.45) is 4.43. The summed E-state index contributed by atoms with van der Waals surface area (Å²) < 4.78 is 11.9. The van der Waals surface area contributed by atoms with Gasteiger partial charge in [-0.25, -0.2) is 9.78 Å². The van der Waals surface area contributed by atoms with E-state index in [2.05, 4.69) is 15.2 Å². The van der Waals surface area contributed by atoms with E-state index in [-0.39, 0.29) is 12.5 Å². The predicted octanol–water partition coefficient (Wildman–Crippen LogP) is 1.31. The zero-order valence-electron chi connectivity index (χ0n) is 10.7. The number of esters is 1. The van der Waals surface area contributed by atoms with Crippen LogP contribution in [0.2, 0.25) is 0 Å². The maximum absolute atomic E-state index is 11.3. The molecule has 2 rings (SSSR count). The van der Waals surface area contributed by atoms with Crippen molar-refractivity contribution in [1.29, 1.82) is 0 Å². The first-order chi connectivity index (χ1) is 9.20. The predicted molar refractivity (Wildman–Crippen MR) is 67.9 cm³/mol. The summed E-state index contributed by atoms with van der Waals surface area (Å²) in [5, 5.41) is 7.77. The fourth-order valence-electron chi connectivity index (χ4n) is 1.41. The lowest BCUT2D eigenvalue weighted by Crippen LogP contribution is -2.04. The molecule has 0 fully saturated rings. The van der Waals surface area contributed by atoms with E-state index < -0.39 is 5.97 Å². The Kier molecular flexibility index (Phi) is 4.56. The Labute approximate surface area is 114 Å². The molecule has 2 aromatic heterocycles. The molecule has 0 aromatic carbocycles. The average Bonchev–Trinajstić information content (AvgIpc) is 3.00. The quantitative estimate of drug-likeness (QED) is 0.583. The van der Waals surface area contributed by atoms with Crippen LogP contribution in [-0.4, -0.2) is 38.1 Å². The monoisotopic (exact) mass is 282 g/mol. The minimum Gasteiger partial charge on any atom is -0.459 e. The van der Waals surface area contributed by atoms with Crippen molar-refractivity contribution in [2.45, 2.75) is 18.6 Å². The second kappa shape index (κ2) is 6.37. The van der Waals surface area contributed by atoms with Gasteiger partial charge in [-0.15, -0.1) is 5.10 Å². The van der Waals surface area contributed by atoms with Crippen molar-refractivity contribution in [3.05, 3.63) is 24.1 Å². The minimum atomic E-state index is -0.592. The highest BCUT2D eigenvalue weighted by atomic mass is 32.2. The van der Waals surface area contributed by atoms with Crippen LogP contribution >= 0.6 is 11.8 Å². The van der Waals surface area contributed by atoms with Crippen molar-refractivity contribution in [3.8, 4) is 0 Å². The molecule has 0 aliphatic heterocycles. The second-order valence-corrected chi connectivity index (χ2v) is 4.69. The van der Waals surface area contributed by atoms with E-state index in [1.165, 1.54) is 11.8 Å². The molecule has 0 N–H and O–H groups in total. The molecule has 102 valence electrons. The van der Waals surface area contributed by atoms with E-state index in [9.17, 15) is 4.79 Å². The smallest absolute Gasteiger partial charge is 0.396 e. The molecule has 0 aliphatic rings.